The van der Waals surface area contributed by atoms with Crippen molar-refractivity contribution in [3.8, 4) is 0 Å². The quantitative estimate of drug-likeness (QED) is 0.349. The van der Waals surface area contributed by atoms with Crippen molar-refractivity contribution in [2.45, 2.75) is 26.1 Å². The maximum atomic E-state index is 10.4. The lowest BCUT2D eigenvalue weighted by atomic mass is 10.2. The number of hydrogen-bond acceptors (Lipinski definition) is 5. The van der Waals surface area contributed by atoms with E-state index in [0.717, 1.165) is 0 Å². The number of hydrogen-bond donors (Lipinski definition) is 2. The number of carbonyl (C=O) groups excluding carboxylic acids is 1. The Balaban J connectivity index is 3.92. The van der Waals surface area contributed by atoms with Gasteiger partial charge in [-0.15, -0.1) is 0 Å². The Morgan fingerprint density at radius 3 is 2.00 bits per heavy atom. The van der Waals surface area contributed by atoms with E-state index in [2.05, 4.69) is 9.78 Å². The molecule has 0 saturated heterocycles. The van der Waals surface area contributed by atoms with Crippen molar-refractivity contribution in [3.05, 3.63) is 0 Å². The number of carbonyl (C=O) groups is 1. The fourth-order valence-corrected chi connectivity index (χ4v) is 0.533. The molecule has 0 bridgehead atoms. The summed E-state index contributed by atoms with van der Waals surface area (Å²) in [4.78, 5) is 17.8. The first-order valence-electron chi connectivity index (χ1n) is 2.68. The molecule has 0 spiro atoms. The first-order valence-corrected chi connectivity index (χ1v) is 2.68. The fraction of sp³-hybridized carbons (Fsp3) is 0.800. The summed E-state index contributed by atoms with van der Waals surface area (Å²) < 4.78 is 0. The maximum absolute atomic E-state index is 10.4. The van der Waals surface area contributed by atoms with Gasteiger partial charge in [-0.2, -0.15) is 0 Å². The Kier molecular flexibility index (Phi) is 3.45. The van der Waals surface area contributed by atoms with E-state index in [4.69, 9.17) is 10.5 Å². The van der Waals surface area contributed by atoms with Gasteiger partial charge in [-0.25, -0.2) is 20.3 Å². The molecule has 60 valence electrons. The van der Waals surface area contributed by atoms with Crippen molar-refractivity contribution in [2.24, 2.45) is 0 Å². The summed E-state index contributed by atoms with van der Waals surface area (Å²) in [7, 11) is 0. The Hall–Kier alpha value is -0.490. The predicted molar refractivity (Wildman–Crippen MR) is 31.1 cm³/mol. The van der Waals surface area contributed by atoms with Crippen LogP contribution < -0.4 is 0 Å². The van der Waals surface area contributed by atoms with Crippen LogP contribution in [0.3, 0.4) is 0 Å². The van der Waals surface area contributed by atoms with Crippen molar-refractivity contribution in [1.29, 1.82) is 0 Å². The van der Waals surface area contributed by atoms with E-state index in [9.17, 15) is 4.79 Å². The van der Waals surface area contributed by atoms with E-state index in [1.807, 2.05) is 0 Å². The molecular formula is C5H10O5. The Morgan fingerprint density at radius 1 is 1.50 bits per heavy atom. The Labute approximate surface area is 58.0 Å². The van der Waals surface area contributed by atoms with Crippen molar-refractivity contribution in [3.63, 3.8) is 0 Å². The van der Waals surface area contributed by atoms with E-state index < -0.39 is 5.79 Å². The topological polar surface area (TPSA) is 76.0 Å². The summed E-state index contributed by atoms with van der Waals surface area (Å²) in [6.07, 6.45) is -0.208. The molecule has 0 aliphatic heterocycles. The van der Waals surface area contributed by atoms with Crippen molar-refractivity contribution in [2.75, 3.05) is 0 Å². The normalized spacial score (nSPS) is 11.6. The minimum absolute atomic E-state index is 0.208. The van der Waals surface area contributed by atoms with Crippen LogP contribution in [0.2, 0.25) is 0 Å². The molecule has 0 aromatic rings. The highest BCUT2D eigenvalue weighted by Gasteiger charge is 2.28. The SMILES string of the molecule is CC(=O)CC(C)(OO)OO. The first-order chi connectivity index (χ1) is 4.54. The lowest BCUT2D eigenvalue weighted by molar-refractivity contribution is -0.478. The average molecular weight is 150 g/mol. The van der Waals surface area contributed by atoms with Gasteiger partial charge in [0.15, 0.2) is 0 Å². The molecule has 0 fully saturated rings. The summed E-state index contributed by atoms with van der Waals surface area (Å²) >= 11 is 0. The molecule has 10 heavy (non-hydrogen) atoms. The molecule has 0 aliphatic carbocycles. The summed E-state index contributed by atoms with van der Waals surface area (Å²) in [5.74, 6) is -1.89. The molecule has 0 aromatic carbocycles. The van der Waals surface area contributed by atoms with Crippen LogP contribution in [0.15, 0.2) is 0 Å². The lowest BCUT2D eigenvalue weighted by Gasteiger charge is -2.19. The minimum Gasteiger partial charge on any atom is -0.300 e. The molecule has 0 radical (unpaired) electrons. The molecule has 0 saturated carbocycles. The third-order valence-electron chi connectivity index (χ3n) is 0.956. The highest BCUT2D eigenvalue weighted by Crippen LogP contribution is 2.14. The van der Waals surface area contributed by atoms with Crippen LogP contribution in [0, 0.1) is 0 Å². The Morgan fingerprint density at radius 2 is 1.90 bits per heavy atom. The highest BCUT2D eigenvalue weighted by atomic mass is 17.2. The van der Waals surface area contributed by atoms with Gasteiger partial charge in [-0.1, -0.05) is 0 Å². The number of rotatable bonds is 4. The molecule has 0 aromatic heterocycles. The third-order valence-corrected chi connectivity index (χ3v) is 0.956. The van der Waals surface area contributed by atoms with E-state index >= 15 is 0 Å². The monoisotopic (exact) mass is 150 g/mol. The van der Waals surface area contributed by atoms with Gasteiger partial charge in [0.05, 0.1) is 6.42 Å². The van der Waals surface area contributed by atoms with Crippen molar-refractivity contribution >= 4 is 5.78 Å². The lowest BCUT2D eigenvalue weighted by Crippen LogP contribution is -2.32. The molecular weight excluding hydrogens is 140 g/mol. The zero-order valence-electron chi connectivity index (χ0n) is 5.83. The van der Waals surface area contributed by atoms with Gasteiger partial charge in [0.2, 0.25) is 5.79 Å². The summed E-state index contributed by atoms with van der Waals surface area (Å²) in [5.41, 5.74) is 0. The van der Waals surface area contributed by atoms with Crippen LogP contribution in [0.4, 0.5) is 0 Å². The van der Waals surface area contributed by atoms with Crippen LogP contribution >= 0.6 is 0 Å². The molecule has 0 rings (SSSR count). The molecule has 5 nitrogen and oxygen atoms in total. The minimum atomic E-state index is -1.63. The van der Waals surface area contributed by atoms with E-state index in [1.165, 1.54) is 13.8 Å². The van der Waals surface area contributed by atoms with E-state index in [1.54, 1.807) is 0 Å². The molecule has 0 unspecified atom stereocenters. The molecule has 0 atom stereocenters. The van der Waals surface area contributed by atoms with E-state index in [-0.39, 0.29) is 12.2 Å². The maximum Gasteiger partial charge on any atom is 0.237 e. The average Bonchev–Trinajstić information content (AvgIpc) is 1.87. The van der Waals surface area contributed by atoms with Gasteiger partial charge in [0.1, 0.15) is 5.78 Å². The second kappa shape index (κ2) is 3.62. The standard InChI is InChI=1S/C5H10O5/c1-4(6)3-5(2,9-7)10-8/h7-8H,3H2,1-2H3. The zero-order valence-corrected chi connectivity index (χ0v) is 5.83. The fourth-order valence-electron chi connectivity index (χ4n) is 0.533. The summed E-state index contributed by atoms with van der Waals surface area (Å²) in [5, 5.41) is 16.2. The second-order valence-electron chi connectivity index (χ2n) is 2.20. The van der Waals surface area contributed by atoms with Crippen LogP contribution in [0.25, 0.3) is 0 Å². The zero-order chi connectivity index (χ0) is 8.20. The molecule has 0 heterocycles. The molecule has 2 N–H and O–H groups in total. The van der Waals surface area contributed by atoms with E-state index in [0.29, 0.717) is 0 Å². The smallest absolute Gasteiger partial charge is 0.237 e. The van der Waals surface area contributed by atoms with Gasteiger partial charge in [-0.3, -0.25) is 4.79 Å². The molecule has 0 amide bonds. The highest BCUT2D eigenvalue weighted by molar-refractivity contribution is 5.76. The van der Waals surface area contributed by atoms with Crippen LogP contribution in [-0.2, 0) is 14.6 Å². The second-order valence-corrected chi connectivity index (χ2v) is 2.20. The number of Topliss-reactive ketones (excluding diaryl/α,β-unsaturated/α-hetero) is 1. The summed E-state index contributed by atoms with van der Waals surface area (Å²) in [6.45, 7) is 2.52. The van der Waals surface area contributed by atoms with Gasteiger partial charge in [0, 0.05) is 0 Å². The van der Waals surface area contributed by atoms with Crippen molar-refractivity contribution < 1.29 is 25.1 Å². The largest absolute Gasteiger partial charge is 0.300 e. The number of ketones is 1. The van der Waals surface area contributed by atoms with Crippen LogP contribution in [0.5, 0.6) is 0 Å². The molecule has 0 aliphatic rings. The van der Waals surface area contributed by atoms with Gasteiger partial charge < -0.3 is 0 Å². The predicted octanol–water partition coefficient (Wildman–Crippen LogP) is 0.661. The van der Waals surface area contributed by atoms with Crippen molar-refractivity contribution in [1.82, 2.24) is 0 Å². The van der Waals surface area contributed by atoms with Crippen LogP contribution in [0.1, 0.15) is 20.3 Å². The third kappa shape index (κ3) is 2.88. The van der Waals surface area contributed by atoms with Gasteiger partial charge >= 0.3 is 0 Å². The summed E-state index contributed by atoms with van der Waals surface area (Å²) in [6, 6.07) is 0. The van der Waals surface area contributed by atoms with Gasteiger partial charge in [-0.05, 0) is 13.8 Å². The Bertz CT molecular complexity index is 117. The molecule has 5 heteroatoms. The van der Waals surface area contributed by atoms with Crippen LogP contribution in [-0.4, -0.2) is 22.1 Å². The van der Waals surface area contributed by atoms with Gasteiger partial charge in [0.25, 0.3) is 0 Å². The first kappa shape index (κ1) is 9.51.